The van der Waals surface area contributed by atoms with Crippen molar-refractivity contribution in [1.29, 1.82) is 0 Å². The number of nitrogens with zero attached hydrogens (tertiary/aromatic N) is 3. The van der Waals surface area contributed by atoms with Gasteiger partial charge < -0.3 is 20.2 Å². The van der Waals surface area contributed by atoms with Crippen molar-refractivity contribution in [2.24, 2.45) is 17.3 Å². The number of thiazole rings is 1. The zero-order valence-electron chi connectivity index (χ0n) is 23.9. The molecule has 2 N–H and O–H groups in total. The molecule has 0 bridgehead atoms. The third-order valence-corrected chi connectivity index (χ3v) is 8.10. The Balaban J connectivity index is 1.82. The summed E-state index contributed by atoms with van der Waals surface area (Å²) in [5.74, 6) is -0.496. The molecule has 8 nitrogen and oxygen atoms in total. The first-order valence-electron chi connectivity index (χ1n) is 13.2. The fourth-order valence-electron chi connectivity index (χ4n) is 4.99. The Morgan fingerprint density at radius 1 is 1.24 bits per heavy atom. The lowest BCUT2D eigenvalue weighted by molar-refractivity contribution is -0.145. The highest BCUT2D eigenvalue weighted by molar-refractivity contribution is 7.13. The van der Waals surface area contributed by atoms with Gasteiger partial charge in [-0.1, -0.05) is 46.8 Å². The molecular weight excluding hydrogens is 500 g/mol. The summed E-state index contributed by atoms with van der Waals surface area (Å²) in [7, 11) is 3.39. The summed E-state index contributed by atoms with van der Waals surface area (Å²) in [6.45, 7) is 12.5. The van der Waals surface area contributed by atoms with E-state index in [-0.39, 0.29) is 48.6 Å². The Labute approximate surface area is 230 Å². The molecule has 2 aromatic rings. The van der Waals surface area contributed by atoms with E-state index in [0.29, 0.717) is 23.5 Å². The van der Waals surface area contributed by atoms with E-state index in [1.807, 2.05) is 45.9 Å². The standard InChI is InChI=1S/C29H42N4O4S/c1-17(2)11-23(29(4,5)6)28(37)33-15-21(34)13-24(33)26(35)30-14-20-10-9-19(25-18(3)31-16-38-25)12-22(20)27(36)32(7)8/h9-10,12,16-17,21,23-24,34H,11,13-15H2,1-8H3,(H,30,35)/t21-,23-,24+/m1/s1. The molecule has 0 spiro atoms. The van der Waals surface area contributed by atoms with Gasteiger partial charge in [0, 0.05) is 45.1 Å². The van der Waals surface area contributed by atoms with Crippen LogP contribution in [-0.4, -0.2) is 70.4 Å². The summed E-state index contributed by atoms with van der Waals surface area (Å²) in [6, 6.07) is 4.89. The van der Waals surface area contributed by atoms with E-state index >= 15 is 0 Å². The van der Waals surface area contributed by atoms with Crippen LogP contribution in [0.4, 0.5) is 0 Å². The van der Waals surface area contributed by atoms with Crippen molar-refractivity contribution in [3.8, 4) is 10.4 Å². The van der Waals surface area contributed by atoms with Crippen LogP contribution in [0.2, 0.25) is 0 Å². The summed E-state index contributed by atoms with van der Waals surface area (Å²) in [5, 5.41) is 13.4. The average molecular weight is 543 g/mol. The van der Waals surface area contributed by atoms with E-state index in [4.69, 9.17) is 0 Å². The van der Waals surface area contributed by atoms with E-state index in [2.05, 4.69) is 24.1 Å². The molecule has 3 atom stereocenters. The van der Waals surface area contributed by atoms with E-state index in [0.717, 1.165) is 16.1 Å². The molecule has 1 saturated heterocycles. The lowest BCUT2D eigenvalue weighted by atomic mass is 9.75. The average Bonchev–Trinajstić information content (AvgIpc) is 3.44. The number of amides is 3. The largest absolute Gasteiger partial charge is 0.391 e. The van der Waals surface area contributed by atoms with Gasteiger partial charge in [-0.2, -0.15) is 0 Å². The molecule has 1 aliphatic rings. The quantitative estimate of drug-likeness (QED) is 0.523. The first-order chi connectivity index (χ1) is 17.7. The van der Waals surface area contributed by atoms with Gasteiger partial charge in [0.2, 0.25) is 11.8 Å². The van der Waals surface area contributed by atoms with E-state index < -0.39 is 12.1 Å². The number of carbonyl (C=O) groups excluding carboxylic acids is 3. The Kier molecular flexibility index (Phi) is 9.36. The molecule has 3 amide bonds. The van der Waals surface area contributed by atoms with Crippen molar-refractivity contribution in [1.82, 2.24) is 20.1 Å². The Bertz CT molecular complexity index is 1170. The van der Waals surface area contributed by atoms with Crippen molar-refractivity contribution in [3.63, 3.8) is 0 Å². The van der Waals surface area contributed by atoms with Crippen LogP contribution in [0.3, 0.4) is 0 Å². The lowest BCUT2D eigenvalue weighted by Crippen LogP contribution is -2.50. The number of carbonyl (C=O) groups is 3. The summed E-state index contributed by atoms with van der Waals surface area (Å²) in [5.41, 5.74) is 4.50. The molecule has 38 heavy (non-hydrogen) atoms. The summed E-state index contributed by atoms with van der Waals surface area (Å²) >= 11 is 1.52. The van der Waals surface area contributed by atoms with Crippen LogP contribution in [-0.2, 0) is 16.1 Å². The molecule has 1 aromatic carbocycles. The first kappa shape index (κ1) is 29.8. The Morgan fingerprint density at radius 2 is 1.92 bits per heavy atom. The predicted octanol–water partition coefficient (Wildman–Crippen LogP) is 4.11. The summed E-state index contributed by atoms with van der Waals surface area (Å²) in [4.78, 5) is 48.4. The number of rotatable bonds is 8. The van der Waals surface area contributed by atoms with Gasteiger partial charge in [0.05, 0.1) is 22.2 Å². The monoisotopic (exact) mass is 542 g/mol. The smallest absolute Gasteiger partial charge is 0.253 e. The van der Waals surface area contributed by atoms with Gasteiger partial charge in [-0.3, -0.25) is 14.4 Å². The van der Waals surface area contributed by atoms with Crippen LogP contribution in [0.15, 0.2) is 23.7 Å². The van der Waals surface area contributed by atoms with Crippen molar-refractivity contribution in [2.75, 3.05) is 20.6 Å². The lowest BCUT2D eigenvalue weighted by Gasteiger charge is -2.36. The van der Waals surface area contributed by atoms with Gasteiger partial charge in [0.1, 0.15) is 6.04 Å². The minimum Gasteiger partial charge on any atom is -0.391 e. The molecule has 1 fully saturated rings. The maximum atomic E-state index is 13.6. The highest BCUT2D eigenvalue weighted by Crippen LogP contribution is 2.35. The van der Waals surface area contributed by atoms with Crippen LogP contribution >= 0.6 is 11.3 Å². The third kappa shape index (κ3) is 6.80. The van der Waals surface area contributed by atoms with Crippen LogP contribution in [0.25, 0.3) is 10.4 Å². The van der Waals surface area contributed by atoms with E-state index in [1.165, 1.54) is 16.2 Å². The van der Waals surface area contributed by atoms with Gasteiger partial charge in [-0.15, -0.1) is 11.3 Å². The molecule has 0 saturated carbocycles. The van der Waals surface area contributed by atoms with E-state index in [1.54, 1.807) is 24.5 Å². The number of likely N-dealkylation sites (tertiary alicyclic amines) is 1. The van der Waals surface area contributed by atoms with Crippen LogP contribution in [0.1, 0.15) is 69.1 Å². The number of hydrogen-bond acceptors (Lipinski definition) is 6. The molecular formula is C29H42N4O4S. The molecule has 0 unspecified atom stereocenters. The highest BCUT2D eigenvalue weighted by atomic mass is 32.1. The molecule has 1 aliphatic heterocycles. The number of hydrogen-bond donors (Lipinski definition) is 2. The molecule has 0 aliphatic carbocycles. The number of β-amino-alcohol motifs (C(OH)–C–C–N with tert-alkyl or cyclic N) is 1. The second kappa shape index (κ2) is 11.9. The zero-order valence-corrected chi connectivity index (χ0v) is 24.7. The molecule has 2 heterocycles. The number of benzene rings is 1. The van der Waals surface area contributed by atoms with E-state index in [9.17, 15) is 19.5 Å². The topological polar surface area (TPSA) is 103 Å². The fourth-order valence-corrected chi connectivity index (χ4v) is 5.80. The van der Waals surface area contributed by atoms with Gasteiger partial charge >= 0.3 is 0 Å². The first-order valence-corrected chi connectivity index (χ1v) is 14.1. The van der Waals surface area contributed by atoms with Gasteiger partial charge in [-0.05, 0) is 41.9 Å². The number of aryl methyl sites for hydroxylation is 1. The molecule has 9 heteroatoms. The Hall–Kier alpha value is -2.78. The number of nitrogens with one attached hydrogen (secondary N) is 1. The minimum atomic E-state index is -0.748. The molecule has 3 rings (SSSR count). The number of aromatic nitrogens is 1. The number of aliphatic hydroxyl groups excluding tert-OH is 1. The Morgan fingerprint density at radius 3 is 2.47 bits per heavy atom. The van der Waals surface area contributed by atoms with Crippen molar-refractivity contribution in [3.05, 3.63) is 40.5 Å². The van der Waals surface area contributed by atoms with Crippen LogP contribution in [0.5, 0.6) is 0 Å². The maximum absolute atomic E-state index is 13.6. The summed E-state index contributed by atoms with van der Waals surface area (Å²) < 4.78 is 0. The normalized spacial score (nSPS) is 18.5. The van der Waals surface area contributed by atoms with Crippen LogP contribution in [0, 0.1) is 24.2 Å². The zero-order chi connectivity index (χ0) is 28.4. The van der Waals surface area contributed by atoms with Crippen molar-refractivity contribution in [2.45, 2.75) is 73.1 Å². The SMILES string of the molecule is Cc1ncsc1-c1ccc(CNC(=O)[C@@H]2C[C@@H](O)CN2C(=O)[C@@H](CC(C)C)C(C)(C)C)c(C(=O)N(C)C)c1. The van der Waals surface area contributed by atoms with Crippen molar-refractivity contribution < 1.29 is 19.5 Å². The highest BCUT2D eigenvalue weighted by Gasteiger charge is 2.43. The van der Waals surface area contributed by atoms with Crippen LogP contribution < -0.4 is 5.32 Å². The maximum Gasteiger partial charge on any atom is 0.253 e. The second-order valence-electron chi connectivity index (χ2n) is 12.0. The summed E-state index contributed by atoms with van der Waals surface area (Å²) in [6.07, 6.45) is 0.163. The molecule has 1 aromatic heterocycles. The second-order valence-corrected chi connectivity index (χ2v) is 12.9. The van der Waals surface area contributed by atoms with Crippen molar-refractivity contribution >= 4 is 29.1 Å². The van der Waals surface area contributed by atoms with Gasteiger partial charge in [-0.25, -0.2) is 4.98 Å². The van der Waals surface area contributed by atoms with Gasteiger partial charge in [0.25, 0.3) is 5.91 Å². The number of aliphatic hydroxyl groups is 1. The van der Waals surface area contributed by atoms with Gasteiger partial charge in [0.15, 0.2) is 0 Å². The molecule has 0 radical (unpaired) electrons. The predicted molar refractivity (Wildman–Crippen MR) is 151 cm³/mol. The fraction of sp³-hybridized carbons (Fsp3) is 0.586. The third-order valence-electron chi connectivity index (χ3n) is 7.12. The minimum absolute atomic E-state index is 0.0874. The molecule has 208 valence electrons.